The quantitative estimate of drug-likeness (QED) is 0.860. The molecule has 0 heterocycles. The summed E-state index contributed by atoms with van der Waals surface area (Å²) in [5.41, 5.74) is 0.792. The minimum absolute atomic E-state index is 0.164. The number of nitrogens with one attached hydrogen (secondary N) is 1. The summed E-state index contributed by atoms with van der Waals surface area (Å²) in [5, 5.41) is 3.09. The van der Waals surface area contributed by atoms with Crippen LogP contribution < -0.4 is 5.32 Å². The van der Waals surface area contributed by atoms with Crippen LogP contribution in [0.15, 0.2) is 17.0 Å². The van der Waals surface area contributed by atoms with E-state index < -0.39 is 9.05 Å². The van der Waals surface area contributed by atoms with Gasteiger partial charge in [0.15, 0.2) is 0 Å². The fraction of sp³-hybridized carbons (Fsp3) is 0.462. The largest absolute Gasteiger partial charge is 0.349 e. The number of halogens is 2. The van der Waals surface area contributed by atoms with Crippen LogP contribution in [0.5, 0.6) is 0 Å². The average Bonchev–Trinajstić information content (AvgIpc) is 3.09. The molecule has 110 valence electrons. The topological polar surface area (TPSA) is 63.2 Å². The Bertz CT molecular complexity index is 658. The third kappa shape index (κ3) is 3.27. The fourth-order valence-electron chi connectivity index (χ4n) is 2.15. The molecule has 7 heteroatoms. The molecule has 0 spiro atoms. The Balaban J connectivity index is 2.31. The van der Waals surface area contributed by atoms with Crippen molar-refractivity contribution in [1.82, 2.24) is 5.32 Å². The fourth-order valence-corrected chi connectivity index (χ4v) is 3.22. The molecule has 1 aromatic rings. The van der Waals surface area contributed by atoms with Gasteiger partial charge in [-0.05, 0) is 37.0 Å². The monoisotopic (exact) mass is 335 g/mol. The van der Waals surface area contributed by atoms with Gasteiger partial charge >= 0.3 is 0 Å². The highest BCUT2D eigenvalue weighted by Crippen LogP contribution is 2.34. The summed E-state index contributed by atoms with van der Waals surface area (Å²) in [6, 6.07) is 2.69. The van der Waals surface area contributed by atoms with Crippen LogP contribution in [-0.4, -0.2) is 20.4 Å². The van der Waals surface area contributed by atoms with E-state index in [0.717, 1.165) is 12.8 Å². The van der Waals surface area contributed by atoms with Gasteiger partial charge in [-0.2, -0.15) is 0 Å². The first kappa shape index (κ1) is 15.6. The van der Waals surface area contributed by atoms with Gasteiger partial charge in [-0.25, -0.2) is 8.42 Å². The first-order chi connectivity index (χ1) is 9.24. The predicted molar refractivity (Wildman–Crippen MR) is 78.9 cm³/mol. The Kier molecular flexibility index (Phi) is 4.33. The Labute approximate surface area is 127 Å². The van der Waals surface area contributed by atoms with E-state index in [4.69, 9.17) is 22.3 Å². The number of hydrogen-bond acceptors (Lipinski definition) is 3. The number of amides is 1. The number of hydrogen-bond donors (Lipinski definition) is 1. The number of rotatable bonds is 4. The van der Waals surface area contributed by atoms with Gasteiger partial charge in [0.25, 0.3) is 15.0 Å². The summed E-state index contributed by atoms with van der Waals surface area (Å²) in [6.07, 6.45) is 1.98. The van der Waals surface area contributed by atoms with E-state index in [9.17, 15) is 13.2 Å². The summed E-state index contributed by atoms with van der Waals surface area (Å²) >= 11 is 5.97. The van der Waals surface area contributed by atoms with Gasteiger partial charge in [0.2, 0.25) is 0 Å². The van der Waals surface area contributed by atoms with Crippen molar-refractivity contribution in [2.24, 2.45) is 5.92 Å². The van der Waals surface area contributed by atoms with E-state index in [1.54, 1.807) is 6.92 Å². The molecular formula is C13H15Cl2NO3S. The van der Waals surface area contributed by atoms with Gasteiger partial charge in [0, 0.05) is 27.3 Å². The maximum atomic E-state index is 12.2. The van der Waals surface area contributed by atoms with Crippen molar-refractivity contribution in [3.05, 3.63) is 28.3 Å². The number of carbonyl (C=O) groups is 1. The van der Waals surface area contributed by atoms with Gasteiger partial charge in [0.1, 0.15) is 0 Å². The zero-order chi connectivity index (χ0) is 15.1. The number of carbonyl (C=O) groups excluding carboxylic acids is 1. The molecule has 1 N–H and O–H groups in total. The van der Waals surface area contributed by atoms with Gasteiger partial charge in [0.05, 0.1) is 4.90 Å². The standard InChI is InChI=1S/C13H15Cl2NO3S/c1-3-8-4-12(8)16-13(17)10-5-9(20(15,18)19)6-11(14)7(10)2/h5-6,8,12H,3-4H2,1-2H3,(H,16,17). The van der Waals surface area contributed by atoms with Crippen molar-refractivity contribution in [3.63, 3.8) is 0 Å². The third-order valence-corrected chi connectivity index (χ3v) is 5.33. The minimum Gasteiger partial charge on any atom is -0.349 e. The third-order valence-electron chi connectivity index (χ3n) is 3.61. The minimum atomic E-state index is -3.92. The Hall–Kier alpha value is -0.780. The Morgan fingerprint density at radius 2 is 2.10 bits per heavy atom. The lowest BCUT2D eigenvalue weighted by atomic mass is 10.1. The van der Waals surface area contributed by atoms with Crippen LogP contribution in [0.3, 0.4) is 0 Å². The van der Waals surface area contributed by atoms with Crippen LogP contribution in [0.2, 0.25) is 5.02 Å². The lowest BCUT2D eigenvalue weighted by Gasteiger charge is -2.10. The summed E-state index contributed by atoms with van der Waals surface area (Å²) in [5.74, 6) is 0.196. The second kappa shape index (κ2) is 5.54. The van der Waals surface area contributed by atoms with Crippen molar-refractivity contribution in [3.8, 4) is 0 Å². The highest BCUT2D eigenvalue weighted by atomic mass is 35.7. The molecule has 0 radical (unpaired) electrons. The van der Waals surface area contributed by atoms with Crippen molar-refractivity contribution in [1.29, 1.82) is 0 Å². The first-order valence-corrected chi connectivity index (χ1v) is 8.98. The molecule has 1 aliphatic rings. The average molecular weight is 336 g/mol. The van der Waals surface area contributed by atoms with Gasteiger partial charge in [-0.1, -0.05) is 24.9 Å². The molecule has 1 aromatic carbocycles. The lowest BCUT2D eigenvalue weighted by Crippen LogP contribution is -2.27. The maximum Gasteiger partial charge on any atom is 0.261 e. The molecule has 0 bridgehead atoms. The van der Waals surface area contributed by atoms with Gasteiger partial charge < -0.3 is 5.32 Å². The van der Waals surface area contributed by atoms with Crippen molar-refractivity contribution in [2.45, 2.75) is 37.6 Å². The van der Waals surface area contributed by atoms with Gasteiger partial charge in [-0.3, -0.25) is 4.79 Å². The zero-order valence-electron chi connectivity index (χ0n) is 11.1. The molecule has 20 heavy (non-hydrogen) atoms. The van der Waals surface area contributed by atoms with Crippen LogP contribution in [0.4, 0.5) is 0 Å². The molecule has 2 rings (SSSR count). The second-order valence-corrected chi connectivity index (χ2v) is 7.97. The van der Waals surface area contributed by atoms with E-state index in [2.05, 4.69) is 12.2 Å². The highest BCUT2D eigenvalue weighted by Gasteiger charge is 2.37. The van der Waals surface area contributed by atoms with E-state index in [1.807, 2.05) is 0 Å². The predicted octanol–water partition coefficient (Wildman–Crippen LogP) is 3.10. The molecule has 1 aliphatic carbocycles. The lowest BCUT2D eigenvalue weighted by molar-refractivity contribution is 0.0948. The summed E-state index contributed by atoms with van der Waals surface area (Å²) in [7, 11) is 1.39. The molecule has 4 nitrogen and oxygen atoms in total. The second-order valence-electron chi connectivity index (χ2n) is 5.00. The normalized spacial score (nSPS) is 21.6. The van der Waals surface area contributed by atoms with Crippen LogP contribution in [0, 0.1) is 12.8 Å². The van der Waals surface area contributed by atoms with Crippen LogP contribution >= 0.6 is 22.3 Å². The van der Waals surface area contributed by atoms with Crippen LogP contribution in [0.1, 0.15) is 35.7 Å². The van der Waals surface area contributed by atoms with E-state index in [-0.39, 0.29) is 27.4 Å². The molecule has 1 amide bonds. The molecule has 2 atom stereocenters. The molecule has 0 aliphatic heterocycles. The molecule has 0 saturated heterocycles. The van der Waals surface area contributed by atoms with Crippen molar-refractivity contribution in [2.75, 3.05) is 0 Å². The Morgan fingerprint density at radius 3 is 2.60 bits per heavy atom. The van der Waals surface area contributed by atoms with Gasteiger partial charge in [-0.15, -0.1) is 0 Å². The van der Waals surface area contributed by atoms with E-state index in [0.29, 0.717) is 11.5 Å². The zero-order valence-corrected chi connectivity index (χ0v) is 13.4. The SMILES string of the molecule is CCC1CC1NC(=O)c1cc(S(=O)(=O)Cl)cc(Cl)c1C. The van der Waals surface area contributed by atoms with Crippen LogP contribution in [-0.2, 0) is 9.05 Å². The summed E-state index contributed by atoms with van der Waals surface area (Å²) < 4.78 is 22.8. The van der Waals surface area contributed by atoms with E-state index in [1.165, 1.54) is 12.1 Å². The molecule has 1 fully saturated rings. The highest BCUT2D eigenvalue weighted by molar-refractivity contribution is 8.13. The molecule has 1 saturated carbocycles. The number of benzene rings is 1. The van der Waals surface area contributed by atoms with Crippen molar-refractivity contribution < 1.29 is 13.2 Å². The summed E-state index contributed by atoms with van der Waals surface area (Å²) in [6.45, 7) is 3.74. The maximum absolute atomic E-state index is 12.2. The Morgan fingerprint density at radius 1 is 1.45 bits per heavy atom. The van der Waals surface area contributed by atoms with Crippen LogP contribution in [0.25, 0.3) is 0 Å². The smallest absolute Gasteiger partial charge is 0.261 e. The van der Waals surface area contributed by atoms with E-state index >= 15 is 0 Å². The summed E-state index contributed by atoms with van der Waals surface area (Å²) in [4.78, 5) is 12.0. The molecule has 0 aromatic heterocycles. The molecular weight excluding hydrogens is 321 g/mol. The van der Waals surface area contributed by atoms with Crippen molar-refractivity contribution >= 4 is 37.2 Å². The molecule has 2 unspecified atom stereocenters. The first-order valence-electron chi connectivity index (χ1n) is 6.29.